The van der Waals surface area contributed by atoms with E-state index in [1.165, 1.54) is 32.1 Å². The van der Waals surface area contributed by atoms with Crippen molar-refractivity contribution in [1.82, 2.24) is 0 Å². The summed E-state index contributed by atoms with van der Waals surface area (Å²) in [5.41, 5.74) is 0.761. The highest BCUT2D eigenvalue weighted by Crippen LogP contribution is 2.68. The summed E-state index contributed by atoms with van der Waals surface area (Å²) in [7, 11) is 0. The molecule has 10 atom stereocenters. The maximum atomic E-state index is 11.3. The topological polar surface area (TPSA) is 40.5 Å². The molecule has 0 aliphatic heterocycles. The fourth-order valence-electron chi connectivity index (χ4n) is 8.76. The first-order valence-electron chi connectivity index (χ1n) is 11.8. The maximum absolute atomic E-state index is 11.3. The van der Waals surface area contributed by atoms with E-state index in [4.69, 9.17) is 0 Å². The second-order valence-corrected chi connectivity index (χ2v) is 11.3. The Balaban J connectivity index is 1.58. The minimum Gasteiger partial charge on any atom is -0.393 e. The number of fused-ring (bicyclic) bond motifs is 5. The van der Waals surface area contributed by atoms with Crippen molar-refractivity contribution in [2.75, 3.05) is 0 Å². The summed E-state index contributed by atoms with van der Waals surface area (Å²) in [6, 6.07) is 0. The molecule has 0 radical (unpaired) electrons. The minimum atomic E-state index is -0.148. The lowest BCUT2D eigenvalue weighted by Crippen LogP contribution is -2.58. The Kier molecular flexibility index (Phi) is 5.30. The van der Waals surface area contributed by atoms with Gasteiger partial charge in [-0.15, -0.1) is 6.58 Å². The summed E-state index contributed by atoms with van der Waals surface area (Å²) in [6.45, 7) is 11.5. The Hall–Kier alpha value is -0.340. The molecule has 0 bridgehead atoms. The molecule has 0 amide bonds. The van der Waals surface area contributed by atoms with E-state index in [0.717, 1.165) is 43.9 Å². The first-order valence-corrected chi connectivity index (χ1v) is 11.8. The van der Waals surface area contributed by atoms with Gasteiger partial charge in [0, 0.05) is 0 Å². The van der Waals surface area contributed by atoms with Crippen LogP contribution in [0, 0.1) is 46.3 Å². The Morgan fingerprint density at radius 2 is 1.70 bits per heavy atom. The van der Waals surface area contributed by atoms with Gasteiger partial charge in [0.2, 0.25) is 0 Å². The molecular weight excluding hydrogens is 332 g/mol. The number of aliphatic hydroxyl groups excluding tert-OH is 2. The lowest BCUT2D eigenvalue weighted by molar-refractivity contribution is -0.174. The largest absolute Gasteiger partial charge is 0.393 e. The predicted molar refractivity (Wildman–Crippen MR) is 111 cm³/mol. The molecule has 4 fully saturated rings. The quantitative estimate of drug-likeness (QED) is 0.631. The van der Waals surface area contributed by atoms with Gasteiger partial charge in [-0.05, 0) is 111 Å². The van der Waals surface area contributed by atoms with Crippen LogP contribution in [0.2, 0.25) is 0 Å². The third-order valence-corrected chi connectivity index (χ3v) is 10.2. The minimum absolute atomic E-state index is 0.137. The van der Waals surface area contributed by atoms with Gasteiger partial charge in [0.15, 0.2) is 0 Å². The van der Waals surface area contributed by atoms with Crippen LogP contribution in [0.4, 0.5) is 0 Å². The van der Waals surface area contributed by atoms with E-state index < -0.39 is 0 Å². The van der Waals surface area contributed by atoms with E-state index in [-0.39, 0.29) is 12.2 Å². The van der Waals surface area contributed by atoms with Gasteiger partial charge < -0.3 is 10.2 Å². The Labute approximate surface area is 166 Å². The number of allylic oxidation sites excluding steroid dienone is 1. The maximum Gasteiger partial charge on any atom is 0.0577 e. The van der Waals surface area contributed by atoms with Gasteiger partial charge in [0.05, 0.1) is 12.2 Å². The van der Waals surface area contributed by atoms with Crippen molar-refractivity contribution in [2.24, 2.45) is 46.3 Å². The van der Waals surface area contributed by atoms with Crippen LogP contribution in [-0.2, 0) is 0 Å². The van der Waals surface area contributed by atoms with Crippen LogP contribution in [0.5, 0.6) is 0 Å². The third kappa shape index (κ3) is 3.05. The molecule has 0 saturated heterocycles. The second kappa shape index (κ2) is 7.17. The van der Waals surface area contributed by atoms with Crippen molar-refractivity contribution in [1.29, 1.82) is 0 Å². The number of hydrogen-bond acceptors (Lipinski definition) is 2. The molecule has 154 valence electrons. The van der Waals surface area contributed by atoms with Gasteiger partial charge in [-0.1, -0.05) is 26.8 Å². The first-order chi connectivity index (χ1) is 12.8. The van der Waals surface area contributed by atoms with Crippen LogP contribution in [0.1, 0.15) is 85.0 Å². The molecule has 4 aliphatic rings. The number of aliphatic hydroxyl groups is 2. The molecular formula is C25H42O2. The zero-order valence-electron chi connectivity index (χ0n) is 17.9. The molecule has 4 saturated carbocycles. The molecule has 4 rings (SSSR count). The highest BCUT2D eigenvalue weighted by atomic mass is 16.3. The molecule has 2 heteroatoms. The fourth-order valence-corrected chi connectivity index (χ4v) is 8.76. The normalized spacial score (nSPS) is 53.1. The van der Waals surface area contributed by atoms with Crippen LogP contribution in [0.25, 0.3) is 0 Å². The van der Waals surface area contributed by atoms with Gasteiger partial charge in [-0.25, -0.2) is 0 Å². The van der Waals surface area contributed by atoms with Crippen LogP contribution < -0.4 is 0 Å². The Bertz CT molecular complexity index is 559. The average molecular weight is 375 g/mol. The molecule has 0 spiro atoms. The van der Waals surface area contributed by atoms with Crippen molar-refractivity contribution in [3.05, 3.63) is 12.7 Å². The molecule has 0 aromatic carbocycles. The number of hydrogen-bond donors (Lipinski definition) is 2. The highest BCUT2D eigenvalue weighted by molar-refractivity contribution is 5.11. The van der Waals surface area contributed by atoms with Gasteiger partial charge in [-0.2, -0.15) is 0 Å². The van der Waals surface area contributed by atoms with Crippen LogP contribution >= 0.6 is 0 Å². The van der Waals surface area contributed by atoms with Crippen molar-refractivity contribution in [2.45, 2.75) is 97.2 Å². The fraction of sp³-hybridized carbons (Fsp3) is 0.920. The van der Waals surface area contributed by atoms with E-state index in [1.807, 2.05) is 0 Å². The van der Waals surface area contributed by atoms with Gasteiger partial charge >= 0.3 is 0 Å². The lowest BCUT2D eigenvalue weighted by Gasteiger charge is -2.62. The molecule has 10 unspecified atom stereocenters. The van der Waals surface area contributed by atoms with E-state index >= 15 is 0 Å². The molecule has 2 nitrogen and oxygen atoms in total. The summed E-state index contributed by atoms with van der Waals surface area (Å²) in [4.78, 5) is 0. The van der Waals surface area contributed by atoms with Gasteiger partial charge in [-0.3, -0.25) is 0 Å². The predicted octanol–water partition coefficient (Wildman–Crippen LogP) is 5.58. The highest BCUT2D eigenvalue weighted by Gasteiger charge is 2.62. The SMILES string of the molecule is C=CCCC(C)C1CCC2C3C(O)CC4CC(O)CCC4(C)C3CCC12C. The zero-order valence-corrected chi connectivity index (χ0v) is 17.9. The van der Waals surface area contributed by atoms with Gasteiger partial charge in [0.1, 0.15) is 0 Å². The molecule has 27 heavy (non-hydrogen) atoms. The monoisotopic (exact) mass is 374 g/mol. The standard InChI is InChI=1S/C25H42O2/c1-5-6-7-16(2)19-8-9-20-23-21(11-13-25(19,20)4)24(3)12-10-18(26)14-17(24)15-22(23)27/h5,16-23,26-27H,1,6-15H2,2-4H3. The average Bonchev–Trinajstić information content (AvgIpc) is 2.98. The Morgan fingerprint density at radius 1 is 1.00 bits per heavy atom. The summed E-state index contributed by atoms with van der Waals surface area (Å²) in [5, 5.41) is 21.5. The van der Waals surface area contributed by atoms with Crippen LogP contribution in [0.15, 0.2) is 12.7 Å². The van der Waals surface area contributed by atoms with Crippen molar-refractivity contribution in [3.63, 3.8) is 0 Å². The van der Waals surface area contributed by atoms with Crippen LogP contribution in [0.3, 0.4) is 0 Å². The summed E-state index contributed by atoms with van der Waals surface area (Å²) >= 11 is 0. The van der Waals surface area contributed by atoms with Crippen molar-refractivity contribution < 1.29 is 10.2 Å². The summed E-state index contributed by atoms with van der Waals surface area (Å²) in [5.74, 6) is 3.96. The zero-order chi connectivity index (χ0) is 19.4. The lowest BCUT2D eigenvalue weighted by atomic mass is 9.43. The van der Waals surface area contributed by atoms with Gasteiger partial charge in [0.25, 0.3) is 0 Å². The van der Waals surface area contributed by atoms with E-state index in [1.54, 1.807) is 0 Å². The van der Waals surface area contributed by atoms with E-state index in [9.17, 15) is 10.2 Å². The van der Waals surface area contributed by atoms with Crippen LogP contribution in [-0.4, -0.2) is 22.4 Å². The molecule has 2 N–H and O–H groups in total. The van der Waals surface area contributed by atoms with Crippen molar-refractivity contribution >= 4 is 0 Å². The summed E-state index contributed by atoms with van der Waals surface area (Å²) < 4.78 is 0. The third-order valence-electron chi connectivity index (χ3n) is 10.2. The second-order valence-electron chi connectivity index (χ2n) is 11.3. The molecule has 0 aromatic rings. The van der Waals surface area contributed by atoms with Crippen molar-refractivity contribution in [3.8, 4) is 0 Å². The summed E-state index contributed by atoms with van der Waals surface area (Å²) in [6.07, 6.45) is 13.5. The molecule has 4 aliphatic carbocycles. The Morgan fingerprint density at radius 3 is 2.44 bits per heavy atom. The first kappa shape index (κ1) is 20.0. The molecule has 0 aromatic heterocycles. The smallest absolute Gasteiger partial charge is 0.0577 e. The van der Waals surface area contributed by atoms with E-state index in [2.05, 4.69) is 33.4 Å². The molecule has 0 heterocycles. The number of rotatable bonds is 4. The van der Waals surface area contributed by atoms with E-state index in [0.29, 0.717) is 34.5 Å².